The van der Waals surface area contributed by atoms with Crippen LogP contribution in [0.15, 0.2) is 4.99 Å². The Morgan fingerprint density at radius 1 is 1.22 bits per heavy atom. The Morgan fingerprint density at radius 3 is 2.56 bits per heavy atom. The van der Waals surface area contributed by atoms with Crippen LogP contribution in [0, 0.1) is 0 Å². The van der Waals surface area contributed by atoms with Gasteiger partial charge in [-0.2, -0.15) is 0 Å². The average Bonchev–Trinajstić information content (AvgIpc) is 2.89. The number of likely N-dealkylation sites (tertiary alicyclic amines) is 1. The summed E-state index contributed by atoms with van der Waals surface area (Å²) in [4.78, 5) is 9.49. The molecular formula is C14H30N4. The standard InChI is InChI=1S/C14H30N4/c1-4-6-10-17(3)13-9-16-14(15-5-2)18-11-7-8-12-18/h4-13H2,1-3H3,(H,15,16). The number of hydrogen-bond acceptors (Lipinski definition) is 2. The van der Waals surface area contributed by atoms with Crippen LogP contribution in [0.1, 0.15) is 39.5 Å². The molecule has 1 aliphatic heterocycles. The van der Waals surface area contributed by atoms with Gasteiger partial charge in [-0.15, -0.1) is 0 Å². The number of aliphatic imine (C=N–C) groups is 1. The lowest BCUT2D eigenvalue weighted by Gasteiger charge is -2.21. The topological polar surface area (TPSA) is 30.9 Å². The molecule has 1 rings (SSSR count). The Balaban J connectivity index is 2.30. The first-order valence-electron chi connectivity index (χ1n) is 7.49. The van der Waals surface area contributed by atoms with Crippen LogP contribution in [0.2, 0.25) is 0 Å². The van der Waals surface area contributed by atoms with Crippen molar-refractivity contribution in [1.82, 2.24) is 15.1 Å². The highest BCUT2D eigenvalue weighted by Gasteiger charge is 2.15. The van der Waals surface area contributed by atoms with Crippen molar-refractivity contribution >= 4 is 5.96 Å². The Kier molecular flexibility index (Phi) is 7.81. The van der Waals surface area contributed by atoms with Crippen molar-refractivity contribution in [3.05, 3.63) is 0 Å². The lowest BCUT2D eigenvalue weighted by molar-refractivity contribution is 0.336. The number of guanidine groups is 1. The highest BCUT2D eigenvalue weighted by molar-refractivity contribution is 5.80. The molecule has 1 fully saturated rings. The monoisotopic (exact) mass is 254 g/mol. The number of nitrogens with zero attached hydrogens (tertiary/aromatic N) is 3. The predicted molar refractivity (Wildman–Crippen MR) is 79.2 cm³/mol. The molecule has 106 valence electrons. The van der Waals surface area contributed by atoms with Crippen LogP contribution in [-0.2, 0) is 0 Å². The largest absolute Gasteiger partial charge is 0.357 e. The Morgan fingerprint density at radius 2 is 1.94 bits per heavy atom. The summed E-state index contributed by atoms with van der Waals surface area (Å²) in [5.41, 5.74) is 0. The fourth-order valence-corrected chi connectivity index (χ4v) is 2.22. The van der Waals surface area contributed by atoms with E-state index in [1.807, 2.05) is 0 Å². The zero-order valence-corrected chi connectivity index (χ0v) is 12.4. The minimum atomic E-state index is 0.902. The number of likely N-dealkylation sites (N-methyl/N-ethyl adjacent to an activating group) is 1. The van der Waals surface area contributed by atoms with Crippen LogP contribution in [-0.4, -0.2) is 62.1 Å². The van der Waals surface area contributed by atoms with Gasteiger partial charge in [0.25, 0.3) is 0 Å². The van der Waals surface area contributed by atoms with E-state index in [1.165, 1.54) is 32.2 Å². The minimum absolute atomic E-state index is 0.902. The highest BCUT2D eigenvalue weighted by atomic mass is 15.3. The quantitative estimate of drug-likeness (QED) is 0.555. The second kappa shape index (κ2) is 9.20. The van der Waals surface area contributed by atoms with Crippen molar-refractivity contribution in [3.8, 4) is 0 Å². The molecule has 0 saturated carbocycles. The van der Waals surface area contributed by atoms with Crippen LogP contribution >= 0.6 is 0 Å². The Hall–Kier alpha value is -0.770. The SMILES string of the molecule is CCCCN(C)CCN=C(NCC)N1CCCC1. The summed E-state index contributed by atoms with van der Waals surface area (Å²) in [6, 6.07) is 0. The maximum Gasteiger partial charge on any atom is 0.193 e. The lowest BCUT2D eigenvalue weighted by Crippen LogP contribution is -2.40. The molecule has 0 aromatic carbocycles. The van der Waals surface area contributed by atoms with Gasteiger partial charge in [0.1, 0.15) is 0 Å². The molecule has 0 atom stereocenters. The third kappa shape index (κ3) is 5.71. The summed E-state index contributed by atoms with van der Waals surface area (Å²) >= 11 is 0. The van der Waals surface area contributed by atoms with Crippen LogP contribution in [0.25, 0.3) is 0 Å². The van der Waals surface area contributed by atoms with Crippen LogP contribution in [0.4, 0.5) is 0 Å². The molecule has 0 spiro atoms. The molecule has 0 aromatic rings. The smallest absolute Gasteiger partial charge is 0.193 e. The maximum atomic E-state index is 4.73. The van der Waals surface area contributed by atoms with E-state index in [9.17, 15) is 0 Å². The van der Waals surface area contributed by atoms with Crippen molar-refractivity contribution in [2.24, 2.45) is 4.99 Å². The molecule has 0 aromatic heterocycles. The summed E-state index contributed by atoms with van der Waals surface area (Å²) in [5, 5.41) is 3.40. The van der Waals surface area contributed by atoms with Gasteiger partial charge in [0.05, 0.1) is 6.54 Å². The molecule has 0 unspecified atom stereocenters. The first kappa shape index (κ1) is 15.3. The van der Waals surface area contributed by atoms with Gasteiger partial charge in [0.15, 0.2) is 5.96 Å². The molecule has 0 radical (unpaired) electrons. The van der Waals surface area contributed by atoms with E-state index in [2.05, 4.69) is 36.0 Å². The van der Waals surface area contributed by atoms with Gasteiger partial charge < -0.3 is 15.1 Å². The number of hydrogen-bond donors (Lipinski definition) is 1. The Labute approximate surface area is 112 Å². The lowest BCUT2D eigenvalue weighted by atomic mass is 10.3. The van der Waals surface area contributed by atoms with Crippen molar-refractivity contribution in [2.75, 3.05) is 46.3 Å². The molecule has 1 heterocycles. The number of unbranched alkanes of at least 4 members (excludes halogenated alkanes) is 1. The zero-order chi connectivity index (χ0) is 13.2. The maximum absolute atomic E-state index is 4.73. The van der Waals surface area contributed by atoms with Gasteiger partial charge in [-0.3, -0.25) is 4.99 Å². The van der Waals surface area contributed by atoms with Crippen molar-refractivity contribution in [1.29, 1.82) is 0 Å². The highest BCUT2D eigenvalue weighted by Crippen LogP contribution is 2.07. The number of nitrogens with one attached hydrogen (secondary N) is 1. The van der Waals surface area contributed by atoms with Gasteiger partial charge in [-0.05, 0) is 39.8 Å². The molecule has 4 nitrogen and oxygen atoms in total. The first-order valence-corrected chi connectivity index (χ1v) is 7.49. The summed E-state index contributed by atoms with van der Waals surface area (Å²) < 4.78 is 0. The molecule has 18 heavy (non-hydrogen) atoms. The van der Waals surface area contributed by atoms with E-state index >= 15 is 0 Å². The fraction of sp³-hybridized carbons (Fsp3) is 0.929. The molecule has 1 N–H and O–H groups in total. The zero-order valence-electron chi connectivity index (χ0n) is 12.4. The number of rotatable bonds is 7. The molecular weight excluding hydrogens is 224 g/mol. The van der Waals surface area contributed by atoms with Gasteiger partial charge in [0.2, 0.25) is 0 Å². The summed E-state index contributed by atoms with van der Waals surface area (Å²) in [6.45, 7) is 10.8. The summed E-state index contributed by atoms with van der Waals surface area (Å²) in [7, 11) is 2.19. The van der Waals surface area contributed by atoms with Crippen LogP contribution in [0.5, 0.6) is 0 Å². The van der Waals surface area contributed by atoms with Crippen LogP contribution in [0.3, 0.4) is 0 Å². The van der Waals surface area contributed by atoms with E-state index in [1.54, 1.807) is 0 Å². The van der Waals surface area contributed by atoms with Gasteiger partial charge in [0, 0.05) is 26.2 Å². The van der Waals surface area contributed by atoms with Gasteiger partial charge >= 0.3 is 0 Å². The molecule has 1 aliphatic rings. The fourth-order valence-electron chi connectivity index (χ4n) is 2.22. The van der Waals surface area contributed by atoms with Gasteiger partial charge in [-0.1, -0.05) is 13.3 Å². The third-order valence-electron chi connectivity index (χ3n) is 3.38. The second-order valence-electron chi connectivity index (χ2n) is 5.09. The van der Waals surface area contributed by atoms with Crippen molar-refractivity contribution < 1.29 is 0 Å². The van der Waals surface area contributed by atoms with Gasteiger partial charge in [-0.25, -0.2) is 0 Å². The van der Waals surface area contributed by atoms with Crippen LogP contribution < -0.4 is 5.32 Å². The van der Waals surface area contributed by atoms with E-state index in [4.69, 9.17) is 4.99 Å². The Bertz CT molecular complexity index is 234. The molecule has 1 saturated heterocycles. The first-order chi connectivity index (χ1) is 8.77. The third-order valence-corrected chi connectivity index (χ3v) is 3.38. The van der Waals surface area contributed by atoms with Crippen molar-refractivity contribution in [2.45, 2.75) is 39.5 Å². The molecule has 4 heteroatoms. The molecule has 0 aliphatic carbocycles. The summed E-state index contributed by atoms with van der Waals surface area (Å²) in [6.07, 6.45) is 5.16. The molecule has 0 amide bonds. The van der Waals surface area contributed by atoms with E-state index in [0.29, 0.717) is 0 Å². The normalized spacial score (nSPS) is 16.7. The molecule has 0 bridgehead atoms. The second-order valence-corrected chi connectivity index (χ2v) is 5.09. The van der Waals surface area contributed by atoms with Crippen molar-refractivity contribution in [3.63, 3.8) is 0 Å². The minimum Gasteiger partial charge on any atom is -0.357 e. The van der Waals surface area contributed by atoms with E-state index in [0.717, 1.165) is 38.7 Å². The van der Waals surface area contributed by atoms with E-state index < -0.39 is 0 Å². The van der Waals surface area contributed by atoms with E-state index in [-0.39, 0.29) is 0 Å². The average molecular weight is 254 g/mol. The predicted octanol–water partition coefficient (Wildman–Crippen LogP) is 1.78. The summed E-state index contributed by atoms with van der Waals surface area (Å²) in [5.74, 6) is 1.11.